The molecule has 1 aliphatic heterocycles. The minimum Gasteiger partial charge on any atom is -0.488 e. The van der Waals surface area contributed by atoms with Crippen molar-refractivity contribution in [3.63, 3.8) is 0 Å². The molecule has 0 spiro atoms. The average Bonchev–Trinajstić information content (AvgIpc) is 3.00. The summed E-state index contributed by atoms with van der Waals surface area (Å²) in [6.07, 6.45) is -0.639. The van der Waals surface area contributed by atoms with E-state index in [9.17, 15) is 23.1 Å². The van der Waals surface area contributed by atoms with Gasteiger partial charge in [0.1, 0.15) is 11.9 Å². The van der Waals surface area contributed by atoms with Crippen LogP contribution in [-0.2, 0) is 21.2 Å². The number of aliphatic hydroxyl groups excluding tert-OH is 1. The highest BCUT2D eigenvalue weighted by Gasteiger charge is 2.33. The van der Waals surface area contributed by atoms with Crippen molar-refractivity contribution in [3.8, 4) is 5.75 Å². The summed E-state index contributed by atoms with van der Waals surface area (Å²) in [7, 11) is -2.29. The van der Waals surface area contributed by atoms with E-state index in [1.54, 1.807) is 66.4 Å². The van der Waals surface area contributed by atoms with E-state index in [1.807, 2.05) is 32.0 Å². The lowest BCUT2D eigenvalue weighted by Crippen LogP contribution is -2.48. The molecule has 0 radical (unpaired) electrons. The number of benzene rings is 3. The van der Waals surface area contributed by atoms with Gasteiger partial charge in [-0.05, 0) is 56.3 Å². The van der Waals surface area contributed by atoms with Gasteiger partial charge in [-0.3, -0.25) is 4.79 Å². The molecule has 11 heteroatoms. The molecule has 1 aliphatic rings. The number of para-hydroxylation sites is 1. The van der Waals surface area contributed by atoms with Crippen LogP contribution in [0.3, 0.4) is 0 Å². The van der Waals surface area contributed by atoms with Crippen molar-refractivity contribution in [3.05, 3.63) is 83.9 Å². The summed E-state index contributed by atoms with van der Waals surface area (Å²) in [4.78, 5) is 27.8. The number of aryl methyl sites for hydroxylation is 1. The van der Waals surface area contributed by atoms with Gasteiger partial charge in [-0.2, -0.15) is 4.31 Å². The molecule has 1 heterocycles. The predicted octanol–water partition coefficient (Wildman–Crippen LogP) is 4.11. The standard InChI is InChI=1S/C31H38N4O6S/c1-21-10-13-27(14-11-21)42(39,40)34(4)19-29-22(2)18-35(23(3)20-36)30(37)17-24-16-26(12-15-28(24)41-29)33-31(38)32-25-8-6-5-7-9-25/h5-16,22-23,29,36H,17-20H2,1-4H3,(H2,32,33,38)/t22-,23+,29-/m0/s1. The first-order valence-corrected chi connectivity index (χ1v) is 15.3. The molecule has 0 unspecified atom stereocenters. The van der Waals surface area contributed by atoms with Gasteiger partial charge < -0.3 is 25.4 Å². The largest absolute Gasteiger partial charge is 0.488 e. The molecule has 3 N–H and O–H groups in total. The van der Waals surface area contributed by atoms with Crippen molar-refractivity contribution in [1.82, 2.24) is 9.21 Å². The lowest BCUT2D eigenvalue weighted by Gasteiger charge is -2.33. The number of likely N-dealkylation sites (N-methyl/N-ethyl adjacent to an activating group) is 1. The summed E-state index contributed by atoms with van der Waals surface area (Å²) in [5, 5.41) is 15.4. The van der Waals surface area contributed by atoms with E-state index in [0.717, 1.165) is 5.56 Å². The highest BCUT2D eigenvalue weighted by atomic mass is 32.2. The maximum absolute atomic E-state index is 13.5. The van der Waals surface area contributed by atoms with Crippen LogP contribution in [0.15, 0.2) is 77.7 Å². The van der Waals surface area contributed by atoms with Crippen LogP contribution in [-0.4, -0.2) is 73.6 Å². The predicted molar refractivity (Wildman–Crippen MR) is 162 cm³/mol. The Morgan fingerprint density at radius 1 is 1.07 bits per heavy atom. The van der Waals surface area contributed by atoms with Crippen molar-refractivity contribution < 1.29 is 27.9 Å². The summed E-state index contributed by atoms with van der Waals surface area (Å²) < 4.78 is 34.4. The van der Waals surface area contributed by atoms with Gasteiger partial charge >= 0.3 is 6.03 Å². The van der Waals surface area contributed by atoms with E-state index in [0.29, 0.717) is 22.7 Å². The van der Waals surface area contributed by atoms with Crippen molar-refractivity contribution in [2.75, 3.05) is 37.4 Å². The monoisotopic (exact) mass is 594 g/mol. The fourth-order valence-electron chi connectivity index (χ4n) is 4.78. The number of aliphatic hydroxyl groups is 1. The topological polar surface area (TPSA) is 128 Å². The molecule has 3 aromatic rings. The highest BCUT2D eigenvalue weighted by molar-refractivity contribution is 7.89. The average molecular weight is 595 g/mol. The summed E-state index contributed by atoms with van der Waals surface area (Å²) in [5.41, 5.74) is 2.58. The van der Waals surface area contributed by atoms with Gasteiger partial charge in [0.05, 0.1) is 30.5 Å². The number of amides is 3. The Hall–Kier alpha value is -3.93. The van der Waals surface area contributed by atoms with E-state index in [-0.39, 0.29) is 42.8 Å². The van der Waals surface area contributed by atoms with Crippen LogP contribution in [0.5, 0.6) is 5.75 Å². The van der Waals surface area contributed by atoms with E-state index in [4.69, 9.17) is 4.74 Å². The molecule has 10 nitrogen and oxygen atoms in total. The molecule has 0 aliphatic carbocycles. The van der Waals surface area contributed by atoms with Crippen molar-refractivity contribution in [2.45, 2.75) is 44.2 Å². The molecule has 224 valence electrons. The first kappa shape index (κ1) is 31.0. The Balaban J connectivity index is 1.62. The van der Waals surface area contributed by atoms with Gasteiger partial charge in [0.2, 0.25) is 15.9 Å². The summed E-state index contributed by atoms with van der Waals surface area (Å²) >= 11 is 0. The second-order valence-corrected chi connectivity index (χ2v) is 12.8. The Labute approximate surface area is 247 Å². The lowest BCUT2D eigenvalue weighted by atomic mass is 10.0. The number of nitrogens with zero attached hydrogens (tertiary/aromatic N) is 2. The number of anilines is 2. The third-order valence-corrected chi connectivity index (χ3v) is 9.21. The van der Waals surface area contributed by atoms with Crippen LogP contribution in [0.25, 0.3) is 0 Å². The number of hydrogen-bond acceptors (Lipinski definition) is 6. The molecule has 0 bridgehead atoms. The van der Waals surface area contributed by atoms with E-state index in [2.05, 4.69) is 10.6 Å². The second-order valence-electron chi connectivity index (χ2n) is 10.8. The third-order valence-electron chi connectivity index (χ3n) is 7.37. The molecule has 4 rings (SSSR count). The molecular formula is C31H38N4O6S. The van der Waals surface area contributed by atoms with Gasteiger partial charge in [-0.1, -0.05) is 42.8 Å². The maximum Gasteiger partial charge on any atom is 0.323 e. The van der Waals surface area contributed by atoms with Gasteiger partial charge in [0, 0.05) is 36.4 Å². The first-order chi connectivity index (χ1) is 20.0. The minimum atomic E-state index is -3.80. The van der Waals surface area contributed by atoms with E-state index >= 15 is 0 Å². The maximum atomic E-state index is 13.5. The van der Waals surface area contributed by atoms with Crippen LogP contribution in [0.4, 0.5) is 16.2 Å². The molecule has 0 saturated heterocycles. The Morgan fingerprint density at radius 3 is 2.40 bits per heavy atom. The lowest BCUT2D eigenvalue weighted by molar-refractivity contribution is -0.134. The zero-order chi connectivity index (χ0) is 30.4. The molecule has 0 saturated carbocycles. The second kappa shape index (κ2) is 13.4. The number of carbonyl (C=O) groups excluding carboxylic acids is 2. The summed E-state index contributed by atoms with van der Waals surface area (Å²) in [6.45, 7) is 5.63. The quantitative estimate of drug-likeness (QED) is 0.360. The summed E-state index contributed by atoms with van der Waals surface area (Å²) in [6, 6.07) is 19.8. The normalized spacial score (nSPS) is 18.2. The number of sulfonamides is 1. The van der Waals surface area contributed by atoms with Crippen LogP contribution in [0.2, 0.25) is 0 Å². The number of hydrogen-bond donors (Lipinski definition) is 3. The van der Waals surface area contributed by atoms with Gasteiger partial charge in [-0.15, -0.1) is 0 Å². The number of ether oxygens (including phenoxy) is 1. The molecule has 0 aromatic heterocycles. The van der Waals surface area contributed by atoms with Gasteiger partial charge in [-0.25, -0.2) is 13.2 Å². The zero-order valence-electron chi connectivity index (χ0n) is 24.3. The van der Waals surface area contributed by atoms with Crippen LogP contribution in [0, 0.1) is 12.8 Å². The third kappa shape index (κ3) is 7.47. The smallest absolute Gasteiger partial charge is 0.323 e. The van der Waals surface area contributed by atoms with Crippen LogP contribution >= 0.6 is 0 Å². The Morgan fingerprint density at radius 2 is 1.74 bits per heavy atom. The highest BCUT2D eigenvalue weighted by Crippen LogP contribution is 2.30. The van der Waals surface area contributed by atoms with Gasteiger partial charge in [0.25, 0.3) is 0 Å². The van der Waals surface area contributed by atoms with Crippen molar-refractivity contribution >= 4 is 33.3 Å². The number of carbonyl (C=O) groups is 2. The SMILES string of the molecule is Cc1ccc(S(=O)(=O)N(C)C[C@@H]2Oc3ccc(NC(=O)Nc4ccccc4)cc3CC(=O)N([C@H](C)CO)C[C@@H]2C)cc1. The van der Waals surface area contributed by atoms with Crippen molar-refractivity contribution in [1.29, 1.82) is 0 Å². The van der Waals surface area contributed by atoms with Crippen molar-refractivity contribution in [2.24, 2.45) is 5.92 Å². The molecular weight excluding hydrogens is 556 g/mol. The Bertz CT molecular complexity index is 1500. The fourth-order valence-corrected chi connectivity index (χ4v) is 5.96. The minimum absolute atomic E-state index is 0.0214. The van der Waals surface area contributed by atoms with E-state index < -0.39 is 28.2 Å². The number of urea groups is 1. The molecule has 0 fully saturated rings. The number of nitrogens with one attached hydrogen (secondary N) is 2. The molecule has 3 atom stereocenters. The van der Waals surface area contributed by atoms with Gasteiger partial charge in [0.15, 0.2) is 0 Å². The van der Waals surface area contributed by atoms with E-state index in [1.165, 1.54) is 11.4 Å². The van der Waals surface area contributed by atoms with Crippen LogP contribution < -0.4 is 15.4 Å². The fraction of sp³-hybridized carbons (Fsp3) is 0.355. The zero-order valence-corrected chi connectivity index (χ0v) is 25.1. The van der Waals surface area contributed by atoms with Crippen LogP contribution in [0.1, 0.15) is 25.0 Å². The number of rotatable bonds is 8. The molecule has 42 heavy (non-hydrogen) atoms. The molecule has 3 amide bonds. The number of fused-ring (bicyclic) bond motifs is 1. The first-order valence-electron chi connectivity index (χ1n) is 13.8. The summed E-state index contributed by atoms with van der Waals surface area (Å²) in [5.74, 6) is -0.0618. The Kier molecular flexibility index (Phi) is 9.87. The molecule has 3 aromatic carbocycles.